The van der Waals surface area contributed by atoms with Crippen molar-refractivity contribution in [3.63, 3.8) is 0 Å². The molecule has 0 amide bonds. The van der Waals surface area contributed by atoms with Gasteiger partial charge in [0.15, 0.2) is 11.5 Å². The van der Waals surface area contributed by atoms with Gasteiger partial charge in [-0.25, -0.2) is 9.00 Å². The van der Waals surface area contributed by atoms with Crippen LogP contribution in [0.2, 0.25) is 0 Å². The van der Waals surface area contributed by atoms with Crippen molar-refractivity contribution in [2.24, 2.45) is 5.92 Å². The van der Waals surface area contributed by atoms with Crippen LogP contribution in [0.25, 0.3) is 0 Å². The molecule has 0 N–H and O–H groups in total. The van der Waals surface area contributed by atoms with Gasteiger partial charge in [0.05, 0.1) is 26.2 Å². The van der Waals surface area contributed by atoms with Crippen molar-refractivity contribution in [3.8, 4) is 17.2 Å². The summed E-state index contributed by atoms with van der Waals surface area (Å²) < 4.78 is 35.5. The molecule has 0 fully saturated rings. The van der Waals surface area contributed by atoms with Crippen LogP contribution in [0.4, 0.5) is 0 Å². The Morgan fingerprint density at radius 2 is 1.44 bits per heavy atom. The maximum absolute atomic E-state index is 13.2. The molecule has 6 nitrogen and oxygen atoms in total. The van der Waals surface area contributed by atoms with Crippen LogP contribution in [0.3, 0.4) is 0 Å². The molecule has 0 saturated carbocycles. The van der Waals surface area contributed by atoms with E-state index in [4.69, 9.17) is 18.4 Å². The highest BCUT2D eigenvalue weighted by Gasteiger charge is 2.24. The van der Waals surface area contributed by atoms with E-state index in [0.717, 1.165) is 41.5 Å². The van der Waals surface area contributed by atoms with Crippen LogP contribution in [0, 0.1) is 5.92 Å². The summed E-state index contributed by atoms with van der Waals surface area (Å²) in [6, 6.07) is 16.9. The molecular weight excluding hydrogens is 560 g/mol. The van der Waals surface area contributed by atoms with Crippen molar-refractivity contribution in [1.82, 2.24) is 0 Å². The molecule has 3 aromatic carbocycles. The Morgan fingerprint density at radius 3 is 1.98 bits per heavy atom. The van der Waals surface area contributed by atoms with E-state index in [-0.39, 0.29) is 5.92 Å². The third-order valence-corrected chi connectivity index (χ3v) is 7.67. The number of aryl methyl sites for hydroxylation is 1. The Balaban J connectivity index is 0.00000221. The van der Waals surface area contributed by atoms with Gasteiger partial charge in [0.25, 0.3) is 0 Å². The van der Waals surface area contributed by atoms with Crippen LogP contribution in [0.5, 0.6) is 17.2 Å². The quantitative estimate of drug-likeness (QED) is 0.179. The number of carbonyl (C=O) groups is 1. The van der Waals surface area contributed by atoms with Gasteiger partial charge in [-0.2, -0.15) is 0 Å². The molecule has 0 aliphatic carbocycles. The van der Waals surface area contributed by atoms with Crippen molar-refractivity contribution in [1.29, 1.82) is 0 Å². The lowest BCUT2D eigenvalue weighted by Crippen LogP contribution is -2.12. The summed E-state index contributed by atoms with van der Waals surface area (Å²) in [7, 11) is 4.54. The van der Waals surface area contributed by atoms with Gasteiger partial charge in [-0.15, -0.1) is 0 Å². The minimum absolute atomic E-state index is 0.0765. The fraction of sp³-hybridized carbons (Fsp3) is 0.472. The van der Waals surface area contributed by atoms with Crippen molar-refractivity contribution in [2.75, 3.05) is 21.3 Å². The minimum Gasteiger partial charge on any atom is -0.496 e. The fourth-order valence-corrected chi connectivity index (χ4v) is 5.65. The summed E-state index contributed by atoms with van der Waals surface area (Å²) in [4.78, 5) is 13.1. The predicted molar refractivity (Wildman–Crippen MR) is 178 cm³/mol. The minimum atomic E-state index is -1.69. The average Bonchev–Trinajstić information content (AvgIpc) is 3.04. The van der Waals surface area contributed by atoms with Gasteiger partial charge in [-0.05, 0) is 78.1 Å². The molecule has 43 heavy (non-hydrogen) atoms. The summed E-state index contributed by atoms with van der Waals surface area (Å²) in [6.07, 6.45) is 3.26. The smallest absolute Gasteiger partial charge is 0.341 e. The third kappa shape index (κ3) is 10.4. The molecule has 2 unspecified atom stereocenters. The zero-order chi connectivity index (χ0) is 32.5. The molecule has 0 spiro atoms. The van der Waals surface area contributed by atoms with Gasteiger partial charge >= 0.3 is 5.97 Å². The van der Waals surface area contributed by atoms with E-state index >= 15 is 0 Å². The Kier molecular flexibility index (Phi) is 17.4. The van der Waals surface area contributed by atoms with Gasteiger partial charge in [-0.3, -0.25) is 0 Å². The first-order valence-electron chi connectivity index (χ1n) is 15.4. The molecule has 0 saturated heterocycles. The molecule has 3 aromatic rings. The lowest BCUT2D eigenvalue weighted by atomic mass is 9.84. The Hall–Kier alpha value is -3.32. The predicted octanol–water partition coefficient (Wildman–Crippen LogP) is 9.14. The number of rotatable bonds is 13. The molecule has 0 aliphatic rings. The van der Waals surface area contributed by atoms with Crippen LogP contribution in [-0.4, -0.2) is 31.5 Å². The Labute approximate surface area is 262 Å². The summed E-state index contributed by atoms with van der Waals surface area (Å²) in [5, 5.41) is 0. The number of carbonyl (C=O) groups excluding carboxylic acids is 1. The lowest BCUT2D eigenvalue weighted by molar-refractivity contribution is 0.0597. The molecule has 0 bridgehead atoms. The van der Waals surface area contributed by atoms with Crippen LogP contribution in [0.1, 0.15) is 100 Å². The largest absolute Gasteiger partial charge is 0.496 e. The second-order valence-corrected chi connectivity index (χ2v) is 11.2. The molecular formula is C36H52O6S. The molecule has 0 radical (unpaired) electrons. The Morgan fingerprint density at radius 1 is 0.814 bits per heavy atom. The summed E-state index contributed by atoms with van der Waals surface area (Å²) >= 11 is -1.69. The highest BCUT2D eigenvalue weighted by atomic mass is 32.2. The average molecular weight is 613 g/mol. The van der Waals surface area contributed by atoms with Gasteiger partial charge in [-0.1, -0.05) is 86.1 Å². The normalized spacial score (nSPS) is 11.7. The van der Waals surface area contributed by atoms with E-state index in [1.54, 1.807) is 26.4 Å². The number of ether oxygens (including phenoxy) is 3. The molecule has 0 heterocycles. The summed E-state index contributed by atoms with van der Waals surface area (Å²) in [5.41, 5.74) is 4.73. The molecule has 3 rings (SSSR count). The fourth-order valence-electron chi connectivity index (χ4n) is 4.84. The van der Waals surface area contributed by atoms with E-state index in [1.165, 1.54) is 7.11 Å². The van der Waals surface area contributed by atoms with E-state index in [9.17, 15) is 9.00 Å². The van der Waals surface area contributed by atoms with E-state index < -0.39 is 17.0 Å². The highest BCUT2D eigenvalue weighted by Crippen LogP contribution is 2.39. The van der Waals surface area contributed by atoms with Crippen molar-refractivity contribution in [2.45, 2.75) is 91.9 Å². The second-order valence-electron chi connectivity index (χ2n) is 10.1. The number of hydrogen-bond donors (Lipinski definition) is 0. The number of esters is 1. The molecule has 2 atom stereocenters. The zero-order valence-electron chi connectivity index (χ0n) is 28.0. The maximum Gasteiger partial charge on any atom is 0.341 e. The number of benzene rings is 3. The third-order valence-electron chi connectivity index (χ3n) is 6.69. The van der Waals surface area contributed by atoms with Crippen molar-refractivity contribution < 1.29 is 27.4 Å². The molecule has 0 aromatic heterocycles. The zero-order valence-corrected chi connectivity index (χ0v) is 28.9. The standard InChI is InChI=1S/C32H40O6S.2C2H6/c1-8-12-23-19-30(36-6)28(32(33)37-7)20-26(23)22(4)18-24-15-16-29(35-5)31(27(24)17-21(2)3)38-39(34)25-13-10-9-11-14-25;2*1-2/h9-11,13-16,19-22H,8,12,17-18H2,1-7H3;2*1-2H3. The first kappa shape index (κ1) is 37.7. The summed E-state index contributed by atoms with van der Waals surface area (Å²) in [6.45, 7) is 16.6. The summed E-state index contributed by atoms with van der Waals surface area (Å²) in [5.74, 6) is 1.57. The van der Waals surface area contributed by atoms with E-state index in [2.05, 4.69) is 33.8 Å². The van der Waals surface area contributed by atoms with Gasteiger partial charge in [0, 0.05) is 5.56 Å². The van der Waals surface area contributed by atoms with Gasteiger partial charge in [0.2, 0.25) is 11.1 Å². The first-order chi connectivity index (χ1) is 20.7. The molecule has 238 valence electrons. The van der Waals surface area contributed by atoms with Gasteiger partial charge in [0.1, 0.15) is 11.3 Å². The maximum atomic E-state index is 13.2. The van der Waals surface area contributed by atoms with E-state index in [1.807, 2.05) is 64.1 Å². The van der Waals surface area contributed by atoms with E-state index in [0.29, 0.717) is 40.0 Å². The van der Waals surface area contributed by atoms with Crippen LogP contribution in [0.15, 0.2) is 59.5 Å². The lowest BCUT2D eigenvalue weighted by Gasteiger charge is -2.23. The molecule has 7 heteroatoms. The van der Waals surface area contributed by atoms with Crippen molar-refractivity contribution >= 4 is 17.0 Å². The van der Waals surface area contributed by atoms with Crippen molar-refractivity contribution in [3.05, 3.63) is 82.4 Å². The molecule has 0 aliphatic heterocycles. The van der Waals surface area contributed by atoms with Crippen LogP contribution < -0.4 is 13.7 Å². The highest BCUT2D eigenvalue weighted by molar-refractivity contribution is 7.80. The van der Waals surface area contributed by atoms with Crippen LogP contribution in [-0.2, 0) is 35.1 Å². The topological polar surface area (TPSA) is 71.1 Å². The number of hydrogen-bond acceptors (Lipinski definition) is 6. The van der Waals surface area contributed by atoms with Gasteiger partial charge < -0.3 is 18.4 Å². The first-order valence-corrected chi connectivity index (χ1v) is 16.4. The second kappa shape index (κ2) is 19.8. The SMILES string of the molecule is CC.CC.CCCc1cc(OC)c(C(=O)OC)cc1C(C)Cc1ccc(OC)c(OS(=O)c2ccccc2)c1CC(C)C. The number of methoxy groups -OCH3 is 3. The van der Waals surface area contributed by atoms with Crippen LogP contribution >= 0.6 is 0 Å². The monoisotopic (exact) mass is 612 g/mol. The Bertz CT molecular complexity index is 1290.